The third-order valence-electron chi connectivity index (χ3n) is 4.77. The predicted octanol–water partition coefficient (Wildman–Crippen LogP) is 2.67. The largest absolute Gasteiger partial charge is 0.330 e. The number of hydrogen-bond donors (Lipinski definition) is 1. The molecule has 2 N–H and O–H groups in total. The molecule has 0 amide bonds. The summed E-state index contributed by atoms with van der Waals surface area (Å²) in [7, 11) is 4.26. The summed E-state index contributed by atoms with van der Waals surface area (Å²) in [5, 5.41) is 4.68. The molecule has 21 heavy (non-hydrogen) atoms. The monoisotopic (exact) mass is 292 g/mol. The Morgan fingerprint density at radius 1 is 1.33 bits per heavy atom. The van der Waals surface area contributed by atoms with Crippen LogP contribution < -0.4 is 5.73 Å². The van der Waals surface area contributed by atoms with E-state index in [0.29, 0.717) is 12.0 Å². The van der Waals surface area contributed by atoms with Crippen molar-refractivity contribution in [1.29, 1.82) is 0 Å². The number of rotatable bonds is 4. The second kappa shape index (κ2) is 6.49. The van der Waals surface area contributed by atoms with Crippen molar-refractivity contribution in [1.82, 2.24) is 14.7 Å². The van der Waals surface area contributed by atoms with Crippen molar-refractivity contribution in [2.75, 3.05) is 13.6 Å². The Kier molecular flexibility index (Phi) is 5.10. The van der Waals surface area contributed by atoms with Crippen molar-refractivity contribution in [2.24, 2.45) is 18.7 Å². The first kappa shape index (κ1) is 16.5. The zero-order valence-electron chi connectivity index (χ0n) is 14.4. The molecule has 0 spiro atoms. The van der Waals surface area contributed by atoms with Crippen LogP contribution in [0.4, 0.5) is 0 Å². The minimum atomic E-state index is 0.0945. The van der Waals surface area contributed by atoms with Crippen LogP contribution in [0.1, 0.15) is 57.7 Å². The minimum Gasteiger partial charge on any atom is -0.330 e. The fraction of sp³-hybridized carbons (Fsp3) is 0.824. The first-order valence-corrected chi connectivity index (χ1v) is 8.26. The lowest BCUT2D eigenvalue weighted by molar-refractivity contribution is 0.127. The predicted molar refractivity (Wildman–Crippen MR) is 88.2 cm³/mol. The Hall–Kier alpha value is -0.870. The molecule has 4 heteroatoms. The third kappa shape index (κ3) is 3.86. The standard InChI is InChI=1S/C17H32N4/c1-17(2,3)16-14(12-21(5)19-16)11-20(4)15-9-7-6-8-13(15)10-18/h12-13,15H,6-11,18H2,1-5H3. The van der Waals surface area contributed by atoms with Crippen molar-refractivity contribution in [3.63, 3.8) is 0 Å². The van der Waals surface area contributed by atoms with Crippen LogP contribution in [0.25, 0.3) is 0 Å². The summed E-state index contributed by atoms with van der Waals surface area (Å²) in [4.78, 5) is 2.50. The van der Waals surface area contributed by atoms with Crippen molar-refractivity contribution in [3.8, 4) is 0 Å². The zero-order chi connectivity index (χ0) is 15.6. The SMILES string of the molecule is CN(Cc1cn(C)nc1C(C)(C)C)C1CCCCC1CN. The summed E-state index contributed by atoms with van der Waals surface area (Å²) in [6.45, 7) is 8.50. The number of nitrogens with two attached hydrogens (primary N) is 1. The lowest BCUT2D eigenvalue weighted by Crippen LogP contribution is -2.42. The van der Waals surface area contributed by atoms with Gasteiger partial charge < -0.3 is 5.73 Å². The maximum Gasteiger partial charge on any atom is 0.0722 e. The molecule has 1 saturated carbocycles. The number of hydrogen-bond acceptors (Lipinski definition) is 3. The first-order chi connectivity index (χ1) is 9.82. The number of aromatic nitrogens is 2. The maximum atomic E-state index is 5.98. The van der Waals surface area contributed by atoms with Gasteiger partial charge in [-0.3, -0.25) is 9.58 Å². The van der Waals surface area contributed by atoms with E-state index < -0.39 is 0 Å². The van der Waals surface area contributed by atoms with Crippen LogP contribution in [0.2, 0.25) is 0 Å². The molecule has 1 aromatic heterocycles. The Morgan fingerprint density at radius 2 is 2.00 bits per heavy atom. The molecule has 0 radical (unpaired) electrons. The molecule has 1 aromatic rings. The van der Waals surface area contributed by atoms with E-state index in [0.717, 1.165) is 13.1 Å². The summed E-state index contributed by atoms with van der Waals surface area (Å²) >= 11 is 0. The second-order valence-electron chi connectivity index (χ2n) is 7.69. The van der Waals surface area contributed by atoms with E-state index in [4.69, 9.17) is 5.73 Å². The quantitative estimate of drug-likeness (QED) is 0.928. The molecule has 1 fully saturated rings. The van der Waals surface area contributed by atoms with Crippen LogP contribution >= 0.6 is 0 Å². The first-order valence-electron chi connectivity index (χ1n) is 8.26. The van der Waals surface area contributed by atoms with Gasteiger partial charge in [-0.1, -0.05) is 33.6 Å². The molecule has 0 aromatic carbocycles. The molecule has 0 bridgehead atoms. The van der Waals surface area contributed by atoms with Crippen LogP contribution in [-0.4, -0.2) is 34.3 Å². The fourth-order valence-corrected chi connectivity index (χ4v) is 3.71. The summed E-state index contributed by atoms with van der Waals surface area (Å²) in [6.07, 6.45) is 7.42. The minimum absolute atomic E-state index is 0.0945. The van der Waals surface area contributed by atoms with Gasteiger partial charge in [-0.25, -0.2) is 0 Å². The molecule has 4 nitrogen and oxygen atoms in total. The molecule has 0 saturated heterocycles. The Balaban J connectivity index is 2.14. The van der Waals surface area contributed by atoms with E-state index in [9.17, 15) is 0 Å². The molecule has 1 aliphatic carbocycles. The number of aryl methyl sites for hydroxylation is 1. The lowest BCUT2D eigenvalue weighted by Gasteiger charge is -2.37. The highest BCUT2D eigenvalue weighted by atomic mass is 15.3. The molecule has 2 rings (SSSR count). The van der Waals surface area contributed by atoms with Crippen molar-refractivity contribution >= 4 is 0 Å². The summed E-state index contributed by atoms with van der Waals surface area (Å²) < 4.78 is 1.95. The second-order valence-corrected chi connectivity index (χ2v) is 7.69. The van der Waals surface area contributed by atoms with E-state index in [-0.39, 0.29) is 5.41 Å². The normalized spacial score (nSPS) is 23.8. The molecule has 1 heterocycles. The van der Waals surface area contributed by atoms with Gasteiger partial charge in [0.1, 0.15) is 0 Å². The molecule has 1 aliphatic rings. The highest BCUT2D eigenvalue weighted by Crippen LogP contribution is 2.30. The van der Waals surface area contributed by atoms with Crippen molar-refractivity contribution in [2.45, 2.75) is 64.5 Å². The Bertz CT molecular complexity index is 458. The zero-order valence-corrected chi connectivity index (χ0v) is 14.4. The van der Waals surface area contributed by atoms with Gasteiger partial charge in [-0.15, -0.1) is 0 Å². The topological polar surface area (TPSA) is 47.1 Å². The molecule has 120 valence electrons. The van der Waals surface area contributed by atoms with Crippen molar-refractivity contribution < 1.29 is 0 Å². The van der Waals surface area contributed by atoms with Gasteiger partial charge in [0.15, 0.2) is 0 Å². The van der Waals surface area contributed by atoms with E-state index in [1.165, 1.54) is 36.9 Å². The molecule has 0 aliphatic heterocycles. The van der Waals surface area contributed by atoms with Crippen LogP contribution in [0, 0.1) is 5.92 Å². The van der Waals surface area contributed by atoms with Gasteiger partial charge in [0.05, 0.1) is 5.69 Å². The van der Waals surface area contributed by atoms with E-state index >= 15 is 0 Å². The highest BCUT2D eigenvalue weighted by molar-refractivity contribution is 5.24. The van der Waals surface area contributed by atoms with Gasteiger partial charge in [0.25, 0.3) is 0 Å². The fourth-order valence-electron chi connectivity index (χ4n) is 3.71. The molecular weight excluding hydrogens is 260 g/mol. The van der Waals surface area contributed by atoms with Crippen LogP contribution in [0.5, 0.6) is 0 Å². The highest BCUT2D eigenvalue weighted by Gasteiger charge is 2.29. The average Bonchev–Trinajstić information content (AvgIpc) is 2.79. The van der Waals surface area contributed by atoms with E-state index in [2.05, 4.69) is 44.0 Å². The summed E-state index contributed by atoms with van der Waals surface area (Å²) in [6, 6.07) is 0.622. The van der Waals surface area contributed by atoms with E-state index in [1.54, 1.807) is 0 Å². The van der Waals surface area contributed by atoms with Gasteiger partial charge in [0.2, 0.25) is 0 Å². The van der Waals surface area contributed by atoms with Crippen molar-refractivity contribution in [3.05, 3.63) is 17.5 Å². The molecule has 2 atom stereocenters. The van der Waals surface area contributed by atoms with Crippen LogP contribution in [0.15, 0.2) is 6.20 Å². The Labute approximate surface area is 129 Å². The smallest absolute Gasteiger partial charge is 0.0722 e. The average molecular weight is 292 g/mol. The van der Waals surface area contributed by atoms with Crippen LogP contribution in [-0.2, 0) is 19.0 Å². The third-order valence-corrected chi connectivity index (χ3v) is 4.77. The van der Waals surface area contributed by atoms with Crippen LogP contribution in [0.3, 0.4) is 0 Å². The van der Waals surface area contributed by atoms with Gasteiger partial charge in [0, 0.05) is 36.8 Å². The van der Waals surface area contributed by atoms with Gasteiger partial charge >= 0.3 is 0 Å². The summed E-state index contributed by atoms with van der Waals surface area (Å²) in [5.41, 5.74) is 8.65. The lowest BCUT2D eigenvalue weighted by atomic mass is 9.83. The van der Waals surface area contributed by atoms with Gasteiger partial charge in [-0.05, 0) is 32.4 Å². The van der Waals surface area contributed by atoms with Gasteiger partial charge in [-0.2, -0.15) is 5.10 Å². The molecular formula is C17H32N4. The number of nitrogens with zero attached hydrogens (tertiary/aromatic N) is 3. The van der Waals surface area contributed by atoms with E-state index in [1.807, 2.05) is 11.7 Å². The Morgan fingerprint density at radius 3 is 2.62 bits per heavy atom. The summed E-state index contributed by atoms with van der Waals surface area (Å²) in [5.74, 6) is 0.651. The maximum absolute atomic E-state index is 5.98. The molecule has 2 unspecified atom stereocenters.